The SMILES string of the molecule is Cc1ccc(Br)c(C(=O)Nc2ccc(F)c(C(=O)O)c2)c1. The summed E-state index contributed by atoms with van der Waals surface area (Å²) in [4.78, 5) is 23.0. The van der Waals surface area contributed by atoms with Crippen LogP contribution in [0.5, 0.6) is 0 Å². The van der Waals surface area contributed by atoms with Gasteiger partial charge in [0.05, 0.1) is 11.1 Å². The molecule has 0 aliphatic heterocycles. The summed E-state index contributed by atoms with van der Waals surface area (Å²) in [7, 11) is 0. The van der Waals surface area contributed by atoms with E-state index in [0.717, 1.165) is 17.7 Å². The van der Waals surface area contributed by atoms with Gasteiger partial charge < -0.3 is 10.4 Å². The first-order valence-electron chi connectivity index (χ1n) is 5.99. The summed E-state index contributed by atoms with van der Waals surface area (Å²) in [6.45, 7) is 1.85. The minimum atomic E-state index is -1.39. The van der Waals surface area contributed by atoms with Crippen LogP contribution in [0.2, 0.25) is 0 Å². The van der Waals surface area contributed by atoms with Gasteiger partial charge in [-0.05, 0) is 53.2 Å². The first kappa shape index (κ1) is 15.2. The Morgan fingerprint density at radius 2 is 1.86 bits per heavy atom. The molecule has 0 aliphatic carbocycles. The van der Waals surface area contributed by atoms with Crippen molar-refractivity contribution < 1.29 is 19.1 Å². The Labute approximate surface area is 128 Å². The number of rotatable bonds is 3. The molecule has 4 nitrogen and oxygen atoms in total. The molecule has 0 bridgehead atoms. The monoisotopic (exact) mass is 351 g/mol. The van der Waals surface area contributed by atoms with Crippen LogP contribution in [0.3, 0.4) is 0 Å². The number of carbonyl (C=O) groups excluding carboxylic acids is 1. The highest BCUT2D eigenvalue weighted by Gasteiger charge is 2.14. The van der Waals surface area contributed by atoms with Gasteiger partial charge in [0, 0.05) is 10.2 Å². The zero-order chi connectivity index (χ0) is 15.6. The van der Waals surface area contributed by atoms with Crippen molar-refractivity contribution in [3.05, 3.63) is 63.4 Å². The summed E-state index contributed by atoms with van der Waals surface area (Å²) in [5, 5.41) is 11.4. The molecule has 0 aromatic heterocycles. The molecule has 21 heavy (non-hydrogen) atoms. The van der Waals surface area contributed by atoms with Gasteiger partial charge in [-0.2, -0.15) is 0 Å². The number of amides is 1. The average molecular weight is 352 g/mol. The van der Waals surface area contributed by atoms with Crippen molar-refractivity contribution in [2.75, 3.05) is 5.32 Å². The molecule has 0 spiro atoms. The van der Waals surface area contributed by atoms with E-state index >= 15 is 0 Å². The second-order valence-corrected chi connectivity index (χ2v) is 5.29. The number of carboxylic acids is 1. The summed E-state index contributed by atoms with van der Waals surface area (Å²) in [6, 6.07) is 8.69. The Bertz CT molecular complexity index is 731. The van der Waals surface area contributed by atoms with Gasteiger partial charge in [0.2, 0.25) is 0 Å². The number of benzene rings is 2. The Kier molecular flexibility index (Phi) is 4.37. The van der Waals surface area contributed by atoms with Crippen LogP contribution >= 0.6 is 15.9 Å². The van der Waals surface area contributed by atoms with Crippen molar-refractivity contribution in [2.45, 2.75) is 6.92 Å². The lowest BCUT2D eigenvalue weighted by molar-refractivity contribution is 0.0691. The van der Waals surface area contributed by atoms with Crippen molar-refractivity contribution in [2.24, 2.45) is 0 Å². The van der Waals surface area contributed by atoms with Crippen molar-refractivity contribution in [3.8, 4) is 0 Å². The standard InChI is InChI=1S/C15H11BrFNO3/c1-8-2-4-12(16)10(6-8)14(19)18-9-3-5-13(17)11(7-9)15(20)21/h2-7H,1H3,(H,18,19)(H,20,21). The third-order valence-corrected chi connectivity index (χ3v) is 3.51. The molecule has 0 fully saturated rings. The number of halogens is 2. The van der Waals surface area contributed by atoms with E-state index in [1.54, 1.807) is 12.1 Å². The summed E-state index contributed by atoms with van der Waals surface area (Å²) in [6.07, 6.45) is 0. The first-order chi connectivity index (χ1) is 9.88. The Morgan fingerprint density at radius 1 is 1.14 bits per heavy atom. The van der Waals surface area contributed by atoms with Crippen LogP contribution in [0.25, 0.3) is 0 Å². The highest BCUT2D eigenvalue weighted by Crippen LogP contribution is 2.21. The molecule has 6 heteroatoms. The molecule has 0 heterocycles. The third-order valence-electron chi connectivity index (χ3n) is 2.82. The van der Waals surface area contributed by atoms with E-state index in [-0.39, 0.29) is 5.69 Å². The van der Waals surface area contributed by atoms with E-state index in [9.17, 15) is 14.0 Å². The van der Waals surface area contributed by atoms with Crippen LogP contribution in [0, 0.1) is 12.7 Å². The summed E-state index contributed by atoms with van der Waals surface area (Å²) in [5.41, 5.74) is 1.05. The van der Waals surface area contributed by atoms with Gasteiger partial charge in [-0.15, -0.1) is 0 Å². The Hall–Kier alpha value is -2.21. The van der Waals surface area contributed by atoms with Crippen molar-refractivity contribution in [1.82, 2.24) is 0 Å². The molecule has 1 amide bonds. The zero-order valence-electron chi connectivity index (χ0n) is 11.0. The number of carbonyl (C=O) groups is 2. The van der Waals surface area contributed by atoms with Gasteiger partial charge >= 0.3 is 5.97 Å². The lowest BCUT2D eigenvalue weighted by atomic mass is 10.1. The van der Waals surface area contributed by atoms with Gasteiger partial charge in [-0.1, -0.05) is 11.6 Å². The van der Waals surface area contributed by atoms with E-state index in [2.05, 4.69) is 21.2 Å². The van der Waals surface area contributed by atoms with Gasteiger partial charge in [-0.3, -0.25) is 4.79 Å². The largest absolute Gasteiger partial charge is 0.478 e. The fraction of sp³-hybridized carbons (Fsp3) is 0.0667. The van der Waals surface area contributed by atoms with Crippen LogP contribution in [0.15, 0.2) is 40.9 Å². The van der Waals surface area contributed by atoms with E-state index in [0.29, 0.717) is 10.0 Å². The minimum absolute atomic E-state index is 0.215. The normalized spacial score (nSPS) is 10.2. The molecule has 2 aromatic carbocycles. The number of anilines is 1. The third kappa shape index (κ3) is 3.46. The van der Waals surface area contributed by atoms with Gasteiger partial charge in [0.15, 0.2) is 0 Å². The quantitative estimate of drug-likeness (QED) is 0.882. The molecular weight excluding hydrogens is 341 g/mol. The van der Waals surface area contributed by atoms with Crippen LogP contribution in [-0.2, 0) is 0 Å². The van der Waals surface area contributed by atoms with Crippen LogP contribution in [0.1, 0.15) is 26.3 Å². The number of aromatic carboxylic acids is 1. The van der Waals surface area contributed by atoms with Gasteiger partial charge in [0.1, 0.15) is 5.82 Å². The number of aryl methyl sites for hydroxylation is 1. The maximum absolute atomic E-state index is 13.3. The van der Waals surface area contributed by atoms with Crippen LogP contribution < -0.4 is 5.32 Å². The predicted octanol–water partition coefficient (Wildman–Crippen LogP) is 3.85. The second kappa shape index (κ2) is 6.05. The van der Waals surface area contributed by atoms with E-state index in [1.165, 1.54) is 6.07 Å². The smallest absolute Gasteiger partial charge is 0.338 e. The van der Waals surface area contributed by atoms with Crippen LogP contribution in [0.4, 0.5) is 10.1 Å². The number of hydrogen-bond donors (Lipinski definition) is 2. The number of carboxylic acid groups (broad SMARTS) is 1. The van der Waals surface area contributed by atoms with E-state index in [1.807, 2.05) is 13.0 Å². The van der Waals surface area contributed by atoms with Gasteiger partial charge in [-0.25, -0.2) is 9.18 Å². The summed E-state index contributed by atoms with van der Waals surface area (Å²) >= 11 is 3.28. The lowest BCUT2D eigenvalue weighted by Gasteiger charge is -2.09. The fourth-order valence-electron chi connectivity index (χ4n) is 1.78. The molecule has 0 saturated carbocycles. The first-order valence-corrected chi connectivity index (χ1v) is 6.78. The average Bonchev–Trinajstić information content (AvgIpc) is 2.43. The predicted molar refractivity (Wildman–Crippen MR) is 80.2 cm³/mol. The molecule has 0 saturated heterocycles. The van der Waals surface area contributed by atoms with Crippen molar-refractivity contribution in [1.29, 1.82) is 0 Å². The molecule has 108 valence electrons. The topological polar surface area (TPSA) is 66.4 Å². The fourth-order valence-corrected chi connectivity index (χ4v) is 2.21. The number of hydrogen-bond acceptors (Lipinski definition) is 2. The zero-order valence-corrected chi connectivity index (χ0v) is 12.6. The Balaban J connectivity index is 2.29. The maximum Gasteiger partial charge on any atom is 0.338 e. The lowest BCUT2D eigenvalue weighted by Crippen LogP contribution is -2.13. The van der Waals surface area contributed by atoms with Crippen molar-refractivity contribution >= 4 is 33.5 Å². The van der Waals surface area contributed by atoms with Gasteiger partial charge in [0.25, 0.3) is 5.91 Å². The highest BCUT2D eigenvalue weighted by atomic mass is 79.9. The van der Waals surface area contributed by atoms with Crippen molar-refractivity contribution in [3.63, 3.8) is 0 Å². The molecule has 2 N–H and O–H groups in total. The molecule has 0 radical (unpaired) electrons. The minimum Gasteiger partial charge on any atom is -0.478 e. The molecular formula is C15H11BrFNO3. The number of nitrogens with one attached hydrogen (secondary N) is 1. The highest BCUT2D eigenvalue weighted by molar-refractivity contribution is 9.10. The van der Waals surface area contributed by atoms with Crippen LogP contribution in [-0.4, -0.2) is 17.0 Å². The van der Waals surface area contributed by atoms with E-state index in [4.69, 9.17) is 5.11 Å². The second-order valence-electron chi connectivity index (χ2n) is 4.44. The molecule has 0 aliphatic rings. The molecule has 2 aromatic rings. The summed E-state index contributed by atoms with van der Waals surface area (Å²) < 4.78 is 13.9. The molecule has 0 atom stereocenters. The molecule has 0 unspecified atom stereocenters. The summed E-state index contributed by atoms with van der Waals surface area (Å²) in [5.74, 6) is -2.65. The Morgan fingerprint density at radius 3 is 2.52 bits per heavy atom. The maximum atomic E-state index is 13.3. The van der Waals surface area contributed by atoms with E-state index < -0.39 is 23.3 Å². The molecule has 2 rings (SSSR count).